The monoisotopic (exact) mass is 423 g/mol. The fourth-order valence-corrected chi connectivity index (χ4v) is 3.99. The van der Waals surface area contributed by atoms with Crippen molar-refractivity contribution in [2.24, 2.45) is 5.92 Å². The number of benzene rings is 1. The molecule has 29 heavy (non-hydrogen) atoms. The van der Waals surface area contributed by atoms with E-state index in [1.54, 1.807) is 21.3 Å². The summed E-state index contributed by atoms with van der Waals surface area (Å²) in [4.78, 5) is 15.0. The first-order chi connectivity index (χ1) is 13.9. The molecule has 1 aliphatic heterocycles. The minimum absolute atomic E-state index is 0.0421. The van der Waals surface area contributed by atoms with Gasteiger partial charge < -0.3 is 29.7 Å². The number of methoxy groups -OCH3 is 3. The third-order valence-electron chi connectivity index (χ3n) is 5.02. The molecule has 7 nitrogen and oxygen atoms in total. The van der Waals surface area contributed by atoms with Crippen LogP contribution in [0.15, 0.2) is 12.1 Å². The molecule has 1 aromatic carbocycles. The molecule has 1 aromatic rings. The Morgan fingerprint density at radius 2 is 1.79 bits per heavy atom. The number of carbonyl (C=O) groups is 1. The second-order valence-corrected chi connectivity index (χ2v) is 7.86. The summed E-state index contributed by atoms with van der Waals surface area (Å²) >= 11 is 5.57. The normalized spacial score (nSPS) is 18.5. The minimum Gasteiger partial charge on any atom is -0.493 e. The molecule has 162 valence electrons. The largest absolute Gasteiger partial charge is 0.493 e. The molecule has 0 unspecified atom stereocenters. The van der Waals surface area contributed by atoms with Crippen molar-refractivity contribution in [2.75, 3.05) is 41.0 Å². The molecule has 1 heterocycles. The van der Waals surface area contributed by atoms with E-state index >= 15 is 0 Å². The van der Waals surface area contributed by atoms with Crippen molar-refractivity contribution in [2.45, 2.75) is 39.2 Å². The van der Waals surface area contributed by atoms with E-state index in [0.29, 0.717) is 42.0 Å². The molecule has 8 heteroatoms. The Morgan fingerprint density at radius 3 is 2.28 bits per heavy atom. The van der Waals surface area contributed by atoms with E-state index in [1.165, 1.54) is 0 Å². The summed E-state index contributed by atoms with van der Waals surface area (Å²) in [5.41, 5.74) is 0.964. The van der Waals surface area contributed by atoms with Gasteiger partial charge in [-0.2, -0.15) is 0 Å². The number of carbonyl (C=O) groups excluding carboxylic acids is 1. The Balaban J connectivity index is 2.39. The average Bonchev–Trinajstić information content (AvgIpc) is 3.16. The molecule has 0 radical (unpaired) electrons. The summed E-state index contributed by atoms with van der Waals surface area (Å²) < 4.78 is 16.5. The second kappa shape index (κ2) is 10.5. The lowest BCUT2D eigenvalue weighted by Crippen LogP contribution is -2.42. The van der Waals surface area contributed by atoms with Crippen LogP contribution in [0.1, 0.15) is 38.7 Å². The quantitative estimate of drug-likeness (QED) is 0.623. The summed E-state index contributed by atoms with van der Waals surface area (Å²) in [5.74, 6) is 1.47. The summed E-state index contributed by atoms with van der Waals surface area (Å²) in [7, 11) is 4.76. The standard InChI is InChI=1S/C21H33N3O4S/c1-7-8-22-20(25)16-12-24(21(29)23-13(2)3)11-15(16)14-9-17(26-4)19(28-6)18(10-14)27-5/h9-10,13,15-16H,7-8,11-12H2,1-6H3,(H,22,25)(H,23,29)/t15-,16-/m0/s1. The SMILES string of the molecule is CCCNC(=O)[C@H]1CN(C(=S)NC(C)C)C[C@H]1c1cc(OC)c(OC)c(OC)c1. The lowest BCUT2D eigenvalue weighted by atomic mass is 9.88. The molecular formula is C21H33N3O4S. The van der Waals surface area contributed by atoms with Crippen LogP contribution in [0.25, 0.3) is 0 Å². The van der Waals surface area contributed by atoms with Gasteiger partial charge in [0.1, 0.15) is 0 Å². The molecule has 2 N–H and O–H groups in total. The van der Waals surface area contributed by atoms with E-state index in [1.807, 2.05) is 32.9 Å². The van der Waals surface area contributed by atoms with Crippen molar-refractivity contribution < 1.29 is 19.0 Å². The predicted octanol–water partition coefficient (Wildman–Crippen LogP) is 2.54. The Hall–Kier alpha value is -2.22. The Kier molecular flexibility index (Phi) is 8.37. The molecule has 1 saturated heterocycles. The number of hydrogen-bond donors (Lipinski definition) is 2. The summed E-state index contributed by atoms with van der Waals surface area (Å²) in [6.07, 6.45) is 0.893. The molecule has 1 aliphatic rings. The topological polar surface area (TPSA) is 72.1 Å². The van der Waals surface area contributed by atoms with Gasteiger partial charge in [0.25, 0.3) is 0 Å². The van der Waals surface area contributed by atoms with Gasteiger partial charge in [-0.3, -0.25) is 4.79 Å². The second-order valence-electron chi connectivity index (χ2n) is 7.47. The van der Waals surface area contributed by atoms with Crippen molar-refractivity contribution in [1.82, 2.24) is 15.5 Å². The molecule has 2 rings (SSSR count). The van der Waals surface area contributed by atoms with Crippen molar-refractivity contribution >= 4 is 23.2 Å². The van der Waals surface area contributed by atoms with Crippen molar-refractivity contribution in [1.29, 1.82) is 0 Å². The van der Waals surface area contributed by atoms with Gasteiger partial charge in [-0.1, -0.05) is 6.92 Å². The smallest absolute Gasteiger partial charge is 0.225 e. The fourth-order valence-electron chi connectivity index (χ4n) is 3.61. The van der Waals surface area contributed by atoms with Gasteiger partial charge >= 0.3 is 0 Å². The van der Waals surface area contributed by atoms with Crippen LogP contribution in [0, 0.1) is 5.92 Å². The summed E-state index contributed by atoms with van der Waals surface area (Å²) in [6, 6.07) is 4.08. The Morgan fingerprint density at radius 1 is 1.17 bits per heavy atom. The van der Waals surface area contributed by atoms with Crippen LogP contribution in [0.3, 0.4) is 0 Å². The molecule has 2 atom stereocenters. The number of hydrogen-bond acceptors (Lipinski definition) is 5. The van der Waals surface area contributed by atoms with Crippen molar-refractivity contribution in [3.63, 3.8) is 0 Å². The van der Waals surface area contributed by atoms with Gasteiger partial charge in [-0.25, -0.2) is 0 Å². The van der Waals surface area contributed by atoms with Gasteiger partial charge in [-0.05, 0) is 50.2 Å². The molecule has 1 amide bonds. The van der Waals surface area contributed by atoms with Gasteiger partial charge in [0.15, 0.2) is 16.6 Å². The average molecular weight is 424 g/mol. The lowest BCUT2D eigenvalue weighted by molar-refractivity contribution is -0.124. The zero-order valence-corrected chi connectivity index (χ0v) is 19.0. The summed E-state index contributed by atoms with van der Waals surface area (Å²) in [6.45, 7) is 8.00. The highest BCUT2D eigenvalue weighted by molar-refractivity contribution is 7.80. The van der Waals surface area contributed by atoms with E-state index in [9.17, 15) is 4.79 Å². The molecule has 0 aromatic heterocycles. The van der Waals surface area contributed by atoms with E-state index in [0.717, 1.165) is 12.0 Å². The molecule has 1 fully saturated rings. The van der Waals surface area contributed by atoms with E-state index in [4.69, 9.17) is 26.4 Å². The van der Waals surface area contributed by atoms with Crippen molar-refractivity contribution in [3.05, 3.63) is 17.7 Å². The number of likely N-dealkylation sites (tertiary alicyclic amines) is 1. The predicted molar refractivity (Wildman–Crippen MR) is 118 cm³/mol. The maximum atomic E-state index is 12.9. The van der Waals surface area contributed by atoms with Crippen LogP contribution in [-0.2, 0) is 4.79 Å². The lowest BCUT2D eigenvalue weighted by Gasteiger charge is -2.22. The van der Waals surface area contributed by atoms with Gasteiger partial charge in [0, 0.05) is 31.6 Å². The Labute approximate surface area is 179 Å². The highest BCUT2D eigenvalue weighted by Crippen LogP contribution is 2.43. The van der Waals surface area contributed by atoms with Crippen LogP contribution in [0.5, 0.6) is 17.2 Å². The van der Waals surface area contributed by atoms with Crippen LogP contribution in [0.4, 0.5) is 0 Å². The minimum atomic E-state index is -0.226. The van der Waals surface area contributed by atoms with Crippen LogP contribution in [0.2, 0.25) is 0 Å². The first-order valence-corrected chi connectivity index (χ1v) is 10.4. The number of nitrogens with one attached hydrogen (secondary N) is 2. The maximum absolute atomic E-state index is 12.9. The number of rotatable bonds is 8. The van der Waals surface area contributed by atoms with Crippen molar-refractivity contribution in [3.8, 4) is 17.2 Å². The highest BCUT2D eigenvalue weighted by Gasteiger charge is 2.40. The van der Waals surface area contributed by atoms with Crippen LogP contribution >= 0.6 is 12.2 Å². The third kappa shape index (κ3) is 5.44. The number of nitrogens with zero attached hydrogens (tertiary/aromatic N) is 1. The Bertz CT molecular complexity index is 701. The number of ether oxygens (including phenoxy) is 3. The highest BCUT2D eigenvalue weighted by atomic mass is 32.1. The maximum Gasteiger partial charge on any atom is 0.225 e. The van der Waals surface area contributed by atoms with E-state index < -0.39 is 0 Å². The van der Waals surface area contributed by atoms with Gasteiger partial charge in [0.2, 0.25) is 11.7 Å². The molecule has 0 aliphatic carbocycles. The number of amides is 1. The third-order valence-corrected chi connectivity index (χ3v) is 5.40. The fraction of sp³-hybridized carbons (Fsp3) is 0.619. The molecule has 0 bridgehead atoms. The van der Waals surface area contributed by atoms with E-state index in [2.05, 4.69) is 15.5 Å². The van der Waals surface area contributed by atoms with E-state index in [-0.39, 0.29) is 23.8 Å². The van der Waals surface area contributed by atoms with Crippen LogP contribution < -0.4 is 24.8 Å². The van der Waals surface area contributed by atoms with Gasteiger partial charge in [0.05, 0.1) is 27.2 Å². The zero-order valence-electron chi connectivity index (χ0n) is 18.2. The summed E-state index contributed by atoms with van der Waals surface area (Å²) in [5, 5.41) is 6.99. The first-order valence-electron chi connectivity index (χ1n) is 9.99. The van der Waals surface area contributed by atoms with Gasteiger partial charge in [-0.15, -0.1) is 0 Å². The number of thiocarbonyl (C=S) groups is 1. The van der Waals surface area contributed by atoms with Crippen LogP contribution in [-0.4, -0.2) is 62.9 Å². The molecule has 0 spiro atoms. The first kappa shape index (κ1) is 23.1. The molecular weight excluding hydrogens is 390 g/mol. The molecule has 0 saturated carbocycles. The zero-order chi connectivity index (χ0) is 21.6.